The Hall–Kier alpha value is -1.95. The van der Waals surface area contributed by atoms with Crippen LogP contribution >= 0.6 is 11.6 Å². The molecule has 2 rings (SSSR count). The van der Waals surface area contributed by atoms with Gasteiger partial charge in [0.15, 0.2) is 0 Å². The third kappa shape index (κ3) is 4.78. The maximum Gasteiger partial charge on any atom is 0.271 e. The van der Waals surface area contributed by atoms with Gasteiger partial charge in [0.2, 0.25) is 6.43 Å². The normalized spacial score (nSPS) is 11.8. The number of nitrogens with one attached hydrogen (secondary N) is 1. The molecular formula is C18H22ClF2N3O. The van der Waals surface area contributed by atoms with E-state index in [-0.39, 0.29) is 21.8 Å². The van der Waals surface area contributed by atoms with Gasteiger partial charge in [-0.15, -0.1) is 0 Å². The number of aryl methyl sites for hydroxylation is 1. The molecule has 0 radical (unpaired) electrons. The van der Waals surface area contributed by atoms with Crippen LogP contribution in [0.4, 0.5) is 8.78 Å². The zero-order valence-electron chi connectivity index (χ0n) is 14.7. The molecule has 0 aliphatic rings. The number of carbonyl (C=O) groups is 1. The lowest BCUT2D eigenvalue weighted by atomic mass is 9.87. The lowest BCUT2D eigenvalue weighted by Gasteiger charge is -2.19. The molecule has 0 saturated heterocycles. The lowest BCUT2D eigenvalue weighted by molar-refractivity contribution is 0.0941. The first kappa shape index (κ1) is 19.4. The molecule has 1 amide bonds. The van der Waals surface area contributed by atoms with Gasteiger partial charge >= 0.3 is 0 Å². The van der Waals surface area contributed by atoms with Gasteiger partial charge < -0.3 is 5.32 Å². The molecule has 0 aliphatic heterocycles. The fourth-order valence-electron chi connectivity index (χ4n) is 2.47. The van der Waals surface area contributed by atoms with Crippen LogP contribution < -0.4 is 5.32 Å². The first-order valence-corrected chi connectivity index (χ1v) is 8.34. The minimum Gasteiger partial charge on any atom is -0.347 e. The third-order valence-electron chi connectivity index (χ3n) is 3.89. The highest BCUT2D eigenvalue weighted by molar-refractivity contribution is 6.34. The molecule has 0 unspecified atom stereocenters. The van der Waals surface area contributed by atoms with E-state index in [0.717, 1.165) is 5.56 Å². The van der Waals surface area contributed by atoms with Crippen molar-refractivity contribution in [3.05, 3.63) is 51.8 Å². The van der Waals surface area contributed by atoms with Crippen LogP contribution in [0.25, 0.3) is 0 Å². The van der Waals surface area contributed by atoms with Crippen molar-refractivity contribution in [2.24, 2.45) is 7.05 Å². The van der Waals surface area contributed by atoms with Crippen molar-refractivity contribution in [1.82, 2.24) is 15.1 Å². The maximum absolute atomic E-state index is 12.5. The van der Waals surface area contributed by atoms with Crippen LogP contribution in [0, 0.1) is 0 Å². The second-order valence-corrected chi connectivity index (χ2v) is 7.34. The van der Waals surface area contributed by atoms with Gasteiger partial charge in [-0.05, 0) is 16.5 Å². The van der Waals surface area contributed by atoms with Crippen LogP contribution in [0.5, 0.6) is 0 Å². The standard InChI is InChI=1S/C18H22ClF2N3O/c1-18(2,3)12-7-5-11(6-8-12)10-22-17(25)16-15(19)13(9-14(20)21)23-24(16)4/h5-8,14H,9-10H2,1-4H3,(H,22,25). The third-order valence-corrected chi connectivity index (χ3v) is 4.29. The SMILES string of the molecule is Cn1nc(CC(F)F)c(Cl)c1C(=O)NCc1ccc(C(C)(C)C)cc1. The number of nitrogens with zero attached hydrogens (tertiary/aromatic N) is 2. The molecule has 1 N–H and O–H groups in total. The molecule has 4 nitrogen and oxygen atoms in total. The second-order valence-electron chi connectivity index (χ2n) is 6.96. The number of amides is 1. The van der Waals surface area contributed by atoms with Crippen molar-refractivity contribution in [3.63, 3.8) is 0 Å². The fourth-order valence-corrected chi connectivity index (χ4v) is 2.79. The van der Waals surface area contributed by atoms with Gasteiger partial charge in [0.05, 0.1) is 17.1 Å². The molecule has 0 bridgehead atoms. The quantitative estimate of drug-likeness (QED) is 0.862. The summed E-state index contributed by atoms with van der Waals surface area (Å²) < 4.78 is 26.3. The van der Waals surface area contributed by atoms with Crippen molar-refractivity contribution < 1.29 is 13.6 Å². The van der Waals surface area contributed by atoms with Crippen molar-refractivity contribution in [2.45, 2.75) is 45.6 Å². The van der Waals surface area contributed by atoms with Crippen LogP contribution in [-0.2, 0) is 25.4 Å². The Bertz CT molecular complexity index is 749. The summed E-state index contributed by atoms with van der Waals surface area (Å²) in [4.78, 5) is 12.3. The molecule has 136 valence electrons. The highest BCUT2D eigenvalue weighted by Crippen LogP contribution is 2.23. The van der Waals surface area contributed by atoms with E-state index in [2.05, 4.69) is 31.2 Å². The highest BCUT2D eigenvalue weighted by Gasteiger charge is 2.22. The van der Waals surface area contributed by atoms with Crippen LogP contribution in [0.2, 0.25) is 5.02 Å². The van der Waals surface area contributed by atoms with E-state index in [0.29, 0.717) is 6.54 Å². The highest BCUT2D eigenvalue weighted by atomic mass is 35.5. The first-order valence-electron chi connectivity index (χ1n) is 7.96. The van der Waals surface area contributed by atoms with E-state index in [1.54, 1.807) is 0 Å². The molecule has 0 saturated carbocycles. The molecule has 1 heterocycles. The summed E-state index contributed by atoms with van der Waals surface area (Å²) >= 11 is 6.04. The van der Waals surface area contributed by atoms with Crippen molar-refractivity contribution in [1.29, 1.82) is 0 Å². The minimum atomic E-state index is -2.57. The predicted octanol–water partition coefficient (Wildman–Crippen LogP) is 4.11. The molecule has 7 heteroatoms. The van der Waals surface area contributed by atoms with Gasteiger partial charge in [-0.1, -0.05) is 56.6 Å². The van der Waals surface area contributed by atoms with Crippen molar-refractivity contribution >= 4 is 17.5 Å². The zero-order chi connectivity index (χ0) is 18.8. The molecule has 1 aromatic carbocycles. The Kier molecular flexibility index (Phi) is 5.83. The van der Waals surface area contributed by atoms with Crippen LogP contribution in [0.1, 0.15) is 48.1 Å². The predicted molar refractivity (Wildman–Crippen MR) is 94.2 cm³/mol. The van der Waals surface area contributed by atoms with Crippen molar-refractivity contribution in [2.75, 3.05) is 0 Å². The molecule has 0 aliphatic carbocycles. The van der Waals surface area contributed by atoms with Gasteiger partial charge in [-0.25, -0.2) is 8.78 Å². The fraction of sp³-hybridized carbons (Fsp3) is 0.444. The first-order chi connectivity index (χ1) is 11.6. The van der Waals surface area contributed by atoms with Gasteiger partial charge in [-0.3, -0.25) is 9.48 Å². The van der Waals surface area contributed by atoms with Gasteiger partial charge in [0.25, 0.3) is 5.91 Å². The Morgan fingerprint density at radius 3 is 2.40 bits per heavy atom. The van der Waals surface area contributed by atoms with E-state index in [1.165, 1.54) is 17.3 Å². The van der Waals surface area contributed by atoms with Gasteiger partial charge in [0.1, 0.15) is 5.69 Å². The van der Waals surface area contributed by atoms with E-state index >= 15 is 0 Å². The molecule has 0 fully saturated rings. The monoisotopic (exact) mass is 369 g/mol. The van der Waals surface area contributed by atoms with Crippen LogP contribution in [0.15, 0.2) is 24.3 Å². The Labute approximate surface area is 151 Å². The van der Waals surface area contributed by atoms with Gasteiger partial charge in [0, 0.05) is 13.6 Å². The average Bonchev–Trinajstić information content (AvgIpc) is 2.78. The number of aromatic nitrogens is 2. The Balaban J connectivity index is 2.07. The zero-order valence-corrected chi connectivity index (χ0v) is 15.5. The average molecular weight is 370 g/mol. The molecule has 2 aromatic rings. The lowest BCUT2D eigenvalue weighted by Crippen LogP contribution is -2.25. The summed E-state index contributed by atoms with van der Waals surface area (Å²) in [6.45, 7) is 6.70. The maximum atomic E-state index is 12.5. The summed E-state index contributed by atoms with van der Waals surface area (Å²) in [5, 5.41) is 6.63. The Morgan fingerprint density at radius 2 is 1.88 bits per heavy atom. The minimum absolute atomic E-state index is 0.0246. The van der Waals surface area contributed by atoms with Gasteiger partial charge in [-0.2, -0.15) is 5.10 Å². The summed E-state index contributed by atoms with van der Waals surface area (Å²) in [6, 6.07) is 7.96. The smallest absolute Gasteiger partial charge is 0.271 e. The molecule has 25 heavy (non-hydrogen) atoms. The molecule has 1 aromatic heterocycles. The number of hydrogen-bond donors (Lipinski definition) is 1. The number of rotatable bonds is 5. The molecular weight excluding hydrogens is 348 g/mol. The van der Waals surface area contributed by atoms with E-state index in [4.69, 9.17) is 11.6 Å². The van der Waals surface area contributed by atoms with Crippen LogP contribution in [0.3, 0.4) is 0 Å². The molecule has 0 spiro atoms. The summed E-state index contributed by atoms with van der Waals surface area (Å²) in [5.74, 6) is -0.444. The number of hydrogen-bond acceptors (Lipinski definition) is 2. The molecule has 0 atom stereocenters. The topological polar surface area (TPSA) is 46.9 Å². The Morgan fingerprint density at radius 1 is 1.28 bits per heavy atom. The second kappa shape index (κ2) is 7.52. The van der Waals surface area contributed by atoms with Crippen molar-refractivity contribution in [3.8, 4) is 0 Å². The summed E-state index contributed by atoms with van der Waals surface area (Å²) in [5.41, 5.74) is 2.31. The summed E-state index contributed by atoms with van der Waals surface area (Å²) in [6.07, 6.45) is -3.14. The number of benzene rings is 1. The number of carbonyl (C=O) groups excluding carboxylic acids is 1. The summed E-state index contributed by atoms with van der Waals surface area (Å²) in [7, 11) is 1.51. The van der Waals surface area contributed by atoms with E-state index in [1.807, 2.05) is 24.3 Å². The van der Waals surface area contributed by atoms with E-state index < -0.39 is 18.8 Å². The largest absolute Gasteiger partial charge is 0.347 e. The van der Waals surface area contributed by atoms with Crippen LogP contribution in [-0.4, -0.2) is 22.1 Å². The van der Waals surface area contributed by atoms with E-state index in [9.17, 15) is 13.6 Å². The number of alkyl halides is 2. The number of halogens is 3.